The van der Waals surface area contributed by atoms with E-state index in [1.54, 1.807) is 11.8 Å². The summed E-state index contributed by atoms with van der Waals surface area (Å²) in [6.45, 7) is 3.98. The van der Waals surface area contributed by atoms with Gasteiger partial charge < -0.3 is 20.5 Å². The van der Waals surface area contributed by atoms with E-state index >= 15 is 0 Å². The third-order valence-electron chi connectivity index (χ3n) is 2.91. The molecular formula is C16H24N2O3S2. The molecule has 5 nitrogen and oxygen atoms in total. The number of aryl methyl sites for hydroxylation is 1. The minimum atomic E-state index is -0.500. The first kappa shape index (κ1) is 21.3. The second kappa shape index (κ2) is 10.9. The lowest BCUT2D eigenvalue weighted by molar-refractivity contribution is -0.121. The second-order valence-electron chi connectivity index (χ2n) is 5.31. The monoisotopic (exact) mass is 356 g/mol. The van der Waals surface area contributed by atoms with E-state index in [0.717, 1.165) is 5.56 Å². The highest BCUT2D eigenvalue weighted by Gasteiger charge is 2.17. The Morgan fingerprint density at radius 2 is 1.96 bits per heavy atom. The lowest BCUT2D eigenvalue weighted by Gasteiger charge is -2.19. The van der Waals surface area contributed by atoms with Gasteiger partial charge in [-0.15, -0.1) is 0 Å². The van der Waals surface area contributed by atoms with Crippen LogP contribution in [0.3, 0.4) is 0 Å². The number of nitrogens with two attached hydrogens (primary N) is 1. The summed E-state index contributed by atoms with van der Waals surface area (Å²) in [5.74, 6) is -0.0252. The zero-order valence-electron chi connectivity index (χ0n) is 13.9. The van der Waals surface area contributed by atoms with Gasteiger partial charge in [0.2, 0.25) is 0 Å². The van der Waals surface area contributed by atoms with Gasteiger partial charge >= 0.3 is 0 Å². The summed E-state index contributed by atoms with van der Waals surface area (Å²) in [5, 5.41) is 7.48. The summed E-state index contributed by atoms with van der Waals surface area (Å²) >= 11 is 8.93. The molecule has 0 spiro atoms. The van der Waals surface area contributed by atoms with E-state index in [1.165, 1.54) is 5.56 Å². The Hall–Kier alpha value is -1.73. The minimum Gasteiger partial charge on any atom is -0.487 e. The summed E-state index contributed by atoms with van der Waals surface area (Å²) in [4.78, 5) is 13.4. The van der Waals surface area contributed by atoms with Crippen LogP contribution in [-0.2, 0) is 16.0 Å². The summed E-state index contributed by atoms with van der Waals surface area (Å²) < 4.78 is 5.47. The van der Waals surface area contributed by atoms with Gasteiger partial charge in [0.15, 0.2) is 0 Å². The van der Waals surface area contributed by atoms with Crippen molar-refractivity contribution < 1.29 is 14.6 Å². The molecule has 23 heavy (non-hydrogen) atoms. The number of aliphatic hydroxyl groups is 1. The maximum Gasteiger partial charge on any atom is 0.258 e. The Morgan fingerprint density at radius 1 is 1.39 bits per heavy atom. The average molecular weight is 357 g/mol. The van der Waals surface area contributed by atoms with E-state index in [2.05, 4.69) is 24.0 Å². The molecule has 0 amide bonds. The molecule has 1 aromatic carbocycles. The standard InChI is InChI=1S/C15H21NO2S.CH3NOS/c1-11-6-5-7-13(8-11)9-14(12(2)17)10-18-15(19)16(3)4;2-1(3)4/h5-8,14H,9-10H2,1-4H3;(H3,2,3,4). The third-order valence-corrected chi connectivity index (χ3v) is 3.40. The summed E-state index contributed by atoms with van der Waals surface area (Å²) in [6.07, 6.45) is 0.688. The van der Waals surface area contributed by atoms with Crippen LogP contribution in [0.25, 0.3) is 0 Å². The fraction of sp³-hybridized carbons (Fsp3) is 0.438. The SMILES string of the molecule is CC(=O)C(COC(=S)N(C)C)Cc1cccc(C)c1.NC(O)=S. The van der Waals surface area contributed by atoms with E-state index in [0.29, 0.717) is 18.2 Å². The number of Topliss-reactive ketones (excluding diaryl/α,β-unsaturated/α-hetero) is 1. The van der Waals surface area contributed by atoms with Gasteiger partial charge in [0.25, 0.3) is 10.3 Å². The maximum atomic E-state index is 11.7. The number of aliphatic hydroxyl groups excluding tert-OH is 1. The van der Waals surface area contributed by atoms with Gasteiger partial charge in [0.1, 0.15) is 12.4 Å². The molecule has 0 saturated heterocycles. The van der Waals surface area contributed by atoms with Gasteiger partial charge in [-0.3, -0.25) is 4.79 Å². The van der Waals surface area contributed by atoms with Crippen molar-refractivity contribution in [1.82, 2.24) is 4.90 Å². The molecule has 0 aliphatic heterocycles. The number of ketones is 1. The van der Waals surface area contributed by atoms with Gasteiger partial charge in [-0.1, -0.05) is 29.8 Å². The van der Waals surface area contributed by atoms with E-state index in [9.17, 15) is 4.79 Å². The van der Waals surface area contributed by atoms with E-state index in [1.807, 2.05) is 39.2 Å². The molecule has 0 aromatic heterocycles. The van der Waals surface area contributed by atoms with Crippen molar-refractivity contribution in [3.05, 3.63) is 35.4 Å². The normalized spacial score (nSPS) is 10.8. The number of carbonyl (C=O) groups excluding carboxylic acids is 1. The number of rotatable bonds is 5. The zero-order valence-corrected chi connectivity index (χ0v) is 15.5. The highest BCUT2D eigenvalue weighted by Crippen LogP contribution is 2.13. The van der Waals surface area contributed by atoms with Crippen LogP contribution in [0.15, 0.2) is 24.3 Å². The predicted octanol–water partition coefficient (Wildman–Crippen LogP) is 2.39. The molecule has 1 rings (SSSR count). The molecule has 0 saturated carbocycles. The molecule has 0 bridgehead atoms. The number of hydrogen-bond acceptors (Lipinski definition) is 4. The van der Waals surface area contributed by atoms with E-state index in [4.69, 9.17) is 22.1 Å². The number of carbonyl (C=O) groups is 1. The van der Waals surface area contributed by atoms with Crippen molar-refractivity contribution in [3.63, 3.8) is 0 Å². The summed E-state index contributed by atoms with van der Waals surface area (Å²) in [6, 6.07) is 8.19. The van der Waals surface area contributed by atoms with Gasteiger partial charge in [-0.05, 0) is 50.3 Å². The summed E-state index contributed by atoms with van der Waals surface area (Å²) in [7, 11) is 3.65. The number of ether oxygens (including phenoxy) is 1. The number of nitrogens with zero attached hydrogens (tertiary/aromatic N) is 1. The topological polar surface area (TPSA) is 75.8 Å². The first-order valence-electron chi connectivity index (χ1n) is 7.02. The van der Waals surface area contributed by atoms with Crippen LogP contribution in [0.2, 0.25) is 0 Å². The van der Waals surface area contributed by atoms with Gasteiger partial charge in [-0.2, -0.15) is 0 Å². The van der Waals surface area contributed by atoms with Crippen molar-refractivity contribution >= 4 is 40.6 Å². The Labute approximate surface area is 148 Å². The average Bonchev–Trinajstić information content (AvgIpc) is 2.42. The van der Waals surface area contributed by atoms with Crippen molar-refractivity contribution in [1.29, 1.82) is 0 Å². The van der Waals surface area contributed by atoms with Crippen molar-refractivity contribution in [2.45, 2.75) is 20.3 Å². The summed E-state index contributed by atoms with van der Waals surface area (Å²) in [5.41, 5.74) is 6.75. The van der Waals surface area contributed by atoms with Crippen molar-refractivity contribution in [3.8, 4) is 0 Å². The molecule has 128 valence electrons. The highest BCUT2D eigenvalue weighted by molar-refractivity contribution is 7.80. The highest BCUT2D eigenvalue weighted by atomic mass is 32.1. The molecular weight excluding hydrogens is 332 g/mol. The van der Waals surface area contributed by atoms with Crippen molar-refractivity contribution in [2.75, 3.05) is 20.7 Å². The minimum absolute atomic E-state index is 0.128. The van der Waals surface area contributed by atoms with Crippen LogP contribution >= 0.6 is 24.4 Å². The molecule has 0 heterocycles. The first-order valence-corrected chi connectivity index (χ1v) is 7.83. The molecule has 1 unspecified atom stereocenters. The predicted molar refractivity (Wildman–Crippen MR) is 101 cm³/mol. The number of hydrogen-bond donors (Lipinski definition) is 2. The third kappa shape index (κ3) is 10.6. The molecule has 3 N–H and O–H groups in total. The van der Waals surface area contributed by atoms with Crippen molar-refractivity contribution in [2.24, 2.45) is 11.7 Å². The van der Waals surface area contributed by atoms with E-state index in [-0.39, 0.29) is 11.7 Å². The maximum absolute atomic E-state index is 11.7. The quantitative estimate of drug-likeness (QED) is 0.785. The van der Waals surface area contributed by atoms with Crippen LogP contribution in [0.4, 0.5) is 0 Å². The second-order valence-corrected chi connectivity index (χ2v) is 6.08. The Bertz CT molecular complexity index is 544. The molecule has 0 aliphatic rings. The van der Waals surface area contributed by atoms with E-state index < -0.39 is 5.17 Å². The van der Waals surface area contributed by atoms with Crippen LogP contribution in [0.1, 0.15) is 18.1 Å². The molecule has 1 atom stereocenters. The fourth-order valence-corrected chi connectivity index (χ4v) is 1.81. The van der Waals surface area contributed by atoms with Gasteiger partial charge in [-0.25, -0.2) is 0 Å². The lowest BCUT2D eigenvalue weighted by atomic mass is 9.96. The number of thiocarbonyl (C=S) groups is 2. The Kier molecular flexibility index (Phi) is 10.1. The Morgan fingerprint density at radius 3 is 2.39 bits per heavy atom. The fourth-order valence-electron chi connectivity index (χ4n) is 1.74. The smallest absolute Gasteiger partial charge is 0.258 e. The molecule has 0 fully saturated rings. The molecule has 7 heteroatoms. The lowest BCUT2D eigenvalue weighted by Crippen LogP contribution is -2.28. The number of benzene rings is 1. The van der Waals surface area contributed by atoms with Gasteiger partial charge in [0, 0.05) is 14.1 Å². The van der Waals surface area contributed by atoms with Crippen LogP contribution in [0, 0.1) is 12.8 Å². The van der Waals surface area contributed by atoms with Crippen LogP contribution in [0.5, 0.6) is 0 Å². The molecule has 1 aromatic rings. The van der Waals surface area contributed by atoms with Gasteiger partial charge in [0.05, 0.1) is 5.92 Å². The first-order chi connectivity index (χ1) is 10.6. The van der Waals surface area contributed by atoms with Crippen LogP contribution < -0.4 is 5.73 Å². The zero-order chi connectivity index (χ0) is 18.0. The Balaban J connectivity index is 0.00000108. The molecule has 0 aliphatic carbocycles. The largest absolute Gasteiger partial charge is 0.487 e. The molecule has 0 radical (unpaired) electrons. The van der Waals surface area contributed by atoms with Crippen LogP contribution in [-0.4, -0.2) is 46.8 Å².